The first kappa shape index (κ1) is 15.0. The van der Waals surface area contributed by atoms with Crippen LogP contribution in [-0.4, -0.2) is 44.0 Å². The summed E-state index contributed by atoms with van der Waals surface area (Å²) in [4.78, 5) is 13.9. The highest BCUT2D eigenvalue weighted by Gasteiger charge is 2.35. The van der Waals surface area contributed by atoms with Gasteiger partial charge in [0.05, 0.1) is 11.7 Å². The summed E-state index contributed by atoms with van der Waals surface area (Å²) in [6, 6.07) is 2.49. The largest absolute Gasteiger partial charge is 0.438 e. The molecular weight excluding hydrogens is 284 g/mol. The van der Waals surface area contributed by atoms with Crippen molar-refractivity contribution in [3.05, 3.63) is 17.9 Å². The minimum Gasteiger partial charge on any atom is -0.438 e. The maximum atomic E-state index is 12.3. The number of hydrogen-bond acceptors (Lipinski definition) is 5. The lowest BCUT2D eigenvalue weighted by Gasteiger charge is -2.41. The fourth-order valence-corrected chi connectivity index (χ4v) is 2.82. The van der Waals surface area contributed by atoms with Crippen molar-refractivity contribution in [2.24, 2.45) is 5.14 Å². The van der Waals surface area contributed by atoms with Crippen molar-refractivity contribution in [3.63, 3.8) is 0 Å². The third-order valence-corrected chi connectivity index (χ3v) is 3.71. The van der Waals surface area contributed by atoms with E-state index in [0.717, 1.165) is 0 Å². The number of ether oxygens (including phenoxy) is 1. The molecule has 112 valence electrons. The summed E-state index contributed by atoms with van der Waals surface area (Å²) in [5.41, 5.74) is -0.456. The number of furan rings is 1. The van der Waals surface area contributed by atoms with E-state index >= 15 is 0 Å². The second-order valence-corrected chi connectivity index (χ2v) is 7.03. The van der Waals surface area contributed by atoms with Crippen LogP contribution in [0.1, 0.15) is 31.3 Å². The SMILES string of the molecule is CC1CN(C(=O)c2ccc(S(N)(=O)=O)o2)CC(C)(C)O1. The summed E-state index contributed by atoms with van der Waals surface area (Å²) >= 11 is 0. The number of primary sulfonamides is 1. The van der Waals surface area contributed by atoms with Gasteiger partial charge in [-0.3, -0.25) is 4.79 Å². The molecule has 1 aromatic heterocycles. The van der Waals surface area contributed by atoms with Crippen LogP contribution in [0.3, 0.4) is 0 Å². The summed E-state index contributed by atoms with van der Waals surface area (Å²) in [6.45, 7) is 6.48. The van der Waals surface area contributed by atoms with Crippen LogP contribution in [0.25, 0.3) is 0 Å². The van der Waals surface area contributed by atoms with Gasteiger partial charge in [-0.15, -0.1) is 0 Å². The molecule has 2 heterocycles. The zero-order valence-electron chi connectivity index (χ0n) is 11.6. The standard InChI is InChI=1S/C12H18N2O5S/c1-8-6-14(7-12(2,3)19-8)11(15)9-4-5-10(18-9)20(13,16)17/h4-5,8H,6-7H2,1-3H3,(H2,13,16,17). The van der Waals surface area contributed by atoms with Gasteiger partial charge in [0, 0.05) is 13.1 Å². The molecule has 0 saturated carbocycles. The van der Waals surface area contributed by atoms with Crippen LogP contribution in [0, 0.1) is 0 Å². The molecule has 2 rings (SSSR count). The second-order valence-electron chi connectivity index (χ2n) is 5.54. The number of carbonyl (C=O) groups excluding carboxylic acids is 1. The number of nitrogens with two attached hydrogens (primary N) is 1. The van der Waals surface area contributed by atoms with Crippen LogP contribution >= 0.6 is 0 Å². The van der Waals surface area contributed by atoms with Crippen LogP contribution in [0.15, 0.2) is 21.6 Å². The quantitative estimate of drug-likeness (QED) is 0.860. The molecule has 1 aromatic rings. The van der Waals surface area contributed by atoms with Gasteiger partial charge in [-0.25, -0.2) is 13.6 Å². The first-order chi connectivity index (χ1) is 9.08. The molecule has 1 amide bonds. The average molecular weight is 302 g/mol. The normalized spacial score (nSPS) is 22.8. The number of hydrogen-bond donors (Lipinski definition) is 1. The fourth-order valence-electron chi connectivity index (χ4n) is 2.35. The van der Waals surface area contributed by atoms with Crippen LogP contribution in [0.5, 0.6) is 0 Å². The highest BCUT2D eigenvalue weighted by atomic mass is 32.2. The number of amides is 1. The summed E-state index contributed by atoms with van der Waals surface area (Å²) in [5, 5.41) is 4.53. The lowest BCUT2D eigenvalue weighted by Crippen LogP contribution is -2.53. The zero-order chi connectivity index (χ0) is 15.1. The van der Waals surface area contributed by atoms with Gasteiger partial charge in [0.15, 0.2) is 5.76 Å². The summed E-state index contributed by atoms with van der Waals surface area (Å²) in [6.07, 6.45) is -0.102. The van der Waals surface area contributed by atoms with Crippen LogP contribution < -0.4 is 5.14 Å². The molecule has 20 heavy (non-hydrogen) atoms. The summed E-state index contributed by atoms with van der Waals surface area (Å²) in [7, 11) is -3.94. The maximum absolute atomic E-state index is 12.3. The monoisotopic (exact) mass is 302 g/mol. The van der Waals surface area contributed by atoms with E-state index in [1.54, 1.807) is 4.90 Å². The third kappa shape index (κ3) is 3.20. The molecule has 7 nitrogen and oxygen atoms in total. The van der Waals surface area contributed by atoms with E-state index in [4.69, 9.17) is 14.3 Å². The van der Waals surface area contributed by atoms with Crippen molar-refractivity contribution < 1.29 is 22.4 Å². The Morgan fingerprint density at radius 2 is 2.10 bits per heavy atom. The first-order valence-corrected chi connectivity index (χ1v) is 7.73. The van der Waals surface area contributed by atoms with Crippen molar-refractivity contribution in [2.45, 2.75) is 37.6 Å². The maximum Gasteiger partial charge on any atom is 0.289 e. The number of nitrogens with zero attached hydrogens (tertiary/aromatic N) is 1. The van der Waals surface area contributed by atoms with E-state index in [0.29, 0.717) is 13.1 Å². The Morgan fingerprint density at radius 1 is 1.45 bits per heavy atom. The number of morpholine rings is 1. The predicted octanol–water partition coefficient (Wildman–Crippen LogP) is 0.567. The van der Waals surface area contributed by atoms with Gasteiger partial charge < -0.3 is 14.1 Å². The van der Waals surface area contributed by atoms with Gasteiger partial charge >= 0.3 is 0 Å². The van der Waals surface area contributed by atoms with Crippen LogP contribution in [0.4, 0.5) is 0 Å². The molecule has 0 bridgehead atoms. The first-order valence-electron chi connectivity index (χ1n) is 6.18. The topological polar surface area (TPSA) is 103 Å². The van der Waals surface area contributed by atoms with Crippen molar-refractivity contribution in [1.82, 2.24) is 4.90 Å². The molecule has 1 unspecified atom stereocenters. The van der Waals surface area contributed by atoms with Crippen LogP contribution in [0.2, 0.25) is 0 Å². The molecule has 1 atom stereocenters. The molecule has 1 aliphatic heterocycles. The van der Waals surface area contributed by atoms with Gasteiger partial charge in [0.1, 0.15) is 0 Å². The Hall–Kier alpha value is -1.38. The Labute approximate surface area is 117 Å². The van der Waals surface area contributed by atoms with Gasteiger partial charge in [0.25, 0.3) is 15.9 Å². The van der Waals surface area contributed by atoms with Crippen molar-refractivity contribution in [1.29, 1.82) is 0 Å². The Kier molecular flexibility index (Phi) is 3.66. The molecular formula is C12H18N2O5S. The van der Waals surface area contributed by atoms with Gasteiger partial charge in [-0.2, -0.15) is 0 Å². The lowest BCUT2D eigenvalue weighted by atomic mass is 10.1. The molecule has 0 aliphatic carbocycles. The smallest absolute Gasteiger partial charge is 0.289 e. The molecule has 2 N–H and O–H groups in total. The molecule has 0 spiro atoms. The Bertz CT molecular complexity index is 620. The van der Waals surface area contributed by atoms with E-state index in [-0.39, 0.29) is 17.8 Å². The average Bonchev–Trinajstić information content (AvgIpc) is 2.73. The molecule has 0 aromatic carbocycles. The summed E-state index contributed by atoms with van der Waals surface area (Å²) < 4.78 is 33.0. The minimum atomic E-state index is -3.94. The van der Waals surface area contributed by atoms with E-state index in [1.807, 2.05) is 20.8 Å². The highest BCUT2D eigenvalue weighted by Crippen LogP contribution is 2.23. The molecule has 1 fully saturated rings. The van der Waals surface area contributed by atoms with Gasteiger partial charge in [-0.1, -0.05) is 0 Å². The van der Waals surface area contributed by atoms with Gasteiger partial charge in [0.2, 0.25) is 5.09 Å². The Morgan fingerprint density at radius 3 is 2.60 bits per heavy atom. The number of carbonyl (C=O) groups is 1. The lowest BCUT2D eigenvalue weighted by molar-refractivity contribution is -0.119. The van der Waals surface area contributed by atoms with Crippen molar-refractivity contribution >= 4 is 15.9 Å². The molecule has 8 heteroatoms. The zero-order valence-corrected chi connectivity index (χ0v) is 12.4. The third-order valence-electron chi connectivity index (χ3n) is 2.93. The van der Waals surface area contributed by atoms with Gasteiger partial charge in [-0.05, 0) is 32.9 Å². The molecule has 0 radical (unpaired) electrons. The summed E-state index contributed by atoms with van der Waals surface area (Å²) in [5.74, 6) is -0.415. The van der Waals surface area contributed by atoms with Crippen molar-refractivity contribution in [3.8, 4) is 0 Å². The van der Waals surface area contributed by atoms with E-state index in [1.165, 1.54) is 12.1 Å². The molecule has 1 saturated heterocycles. The highest BCUT2D eigenvalue weighted by molar-refractivity contribution is 7.89. The minimum absolute atomic E-state index is 0.0427. The predicted molar refractivity (Wildman–Crippen MR) is 70.6 cm³/mol. The second kappa shape index (κ2) is 4.87. The van der Waals surface area contributed by atoms with Crippen molar-refractivity contribution in [2.75, 3.05) is 13.1 Å². The van der Waals surface area contributed by atoms with E-state index in [9.17, 15) is 13.2 Å². The number of rotatable bonds is 2. The van der Waals surface area contributed by atoms with E-state index in [2.05, 4.69) is 0 Å². The Balaban J connectivity index is 2.21. The van der Waals surface area contributed by atoms with E-state index < -0.39 is 20.7 Å². The number of sulfonamides is 1. The fraction of sp³-hybridized carbons (Fsp3) is 0.583. The molecule has 1 aliphatic rings. The van der Waals surface area contributed by atoms with Crippen LogP contribution in [-0.2, 0) is 14.8 Å².